The average Bonchev–Trinajstić information content (AvgIpc) is 2.62. The molecule has 0 radical (unpaired) electrons. The molecule has 0 fully saturated rings. The number of alkyl halides is 3. The highest BCUT2D eigenvalue weighted by Gasteiger charge is 2.42. The molecule has 2 aromatic rings. The van der Waals surface area contributed by atoms with Crippen molar-refractivity contribution in [3.63, 3.8) is 0 Å². The first kappa shape index (κ1) is 20.2. The van der Waals surface area contributed by atoms with E-state index in [0.29, 0.717) is 37.8 Å². The van der Waals surface area contributed by atoms with E-state index < -0.39 is 18.2 Å². The number of rotatable bonds is 8. The number of aryl methyl sites for hydroxylation is 1. The molecule has 0 amide bonds. The number of hydrogen-bond donors (Lipinski definition) is 1. The fourth-order valence-corrected chi connectivity index (χ4v) is 3.23. The van der Waals surface area contributed by atoms with Gasteiger partial charge >= 0.3 is 6.18 Å². The van der Waals surface area contributed by atoms with Crippen LogP contribution in [0.4, 0.5) is 13.2 Å². The number of hydrogen-bond acceptors (Lipinski definition) is 3. The highest BCUT2D eigenvalue weighted by molar-refractivity contribution is 5.86. The number of halogens is 3. The molecule has 0 saturated heterocycles. The van der Waals surface area contributed by atoms with Gasteiger partial charge in [-0.05, 0) is 48.6 Å². The molecule has 2 rings (SSSR count). The highest BCUT2D eigenvalue weighted by atomic mass is 19.4. The van der Waals surface area contributed by atoms with E-state index in [9.17, 15) is 18.3 Å². The number of fused-ring (bicyclic) bond motifs is 1. The molecular weight excluding hydrogens is 341 g/mol. The third kappa shape index (κ3) is 5.18. The van der Waals surface area contributed by atoms with Crippen LogP contribution in [-0.2, 0) is 6.42 Å². The van der Waals surface area contributed by atoms with Crippen molar-refractivity contribution < 1.29 is 18.3 Å². The largest absolute Gasteiger partial charge is 0.414 e. The number of unbranched alkanes of at least 4 members (excludes halogenated alkanes) is 1. The zero-order valence-electron chi connectivity index (χ0n) is 14.8. The third-order valence-electron chi connectivity index (χ3n) is 4.69. The van der Waals surface area contributed by atoms with Gasteiger partial charge in [0.15, 0.2) is 6.10 Å². The van der Waals surface area contributed by atoms with E-state index in [2.05, 4.69) is 4.98 Å². The Morgan fingerprint density at radius 2 is 1.92 bits per heavy atom. The predicted octanol–water partition coefficient (Wildman–Crippen LogP) is 5.16. The Kier molecular flexibility index (Phi) is 6.98. The van der Waals surface area contributed by atoms with Crippen molar-refractivity contribution in [1.29, 1.82) is 5.26 Å². The van der Waals surface area contributed by atoms with Crippen molar-refractivity contribution in [3.8, 4) is 6.07 Å². The summed E-state index contributed by atoms with van der Waals surface area (Å²) in [5.41, 5.74) is 1.37. The van der Waals surface area contributed by atoms with E-state index in [4.69, 9.17) is 5.26 Å². The third-order valence-corrected chi connectivity index (χ3v) is 4.69. The maximum atomic E-state index is 12.8. The van der Waals surface area contributed by atoms with E-state index in [-0.39, 0.29) is 0 Å². The summed E-state index contributed by atoms with van der Waals surface area (Å²) in [5, 5.41) is 20.3. The molecule has 0 aliphatic carbocycles. The van der Waals surface area contributed by atoms with Crippen molar-refractivity contribution in [2.75, 3.05) is 0 Å². The van der Waals surface area contributed by atoms with Crippen LogP contribution in [0.15, 0.2) is 30.5 Å². The number of aliphatic hydroxyl groups is 1. The van der Waals surface area contributed by atoms with Crippen molar-refractivity contribution in [3.05, 3.63) is 41.7 Å². The van der Waals surface area contributed by atoms with E-state index >= 15 is 0 Å². The first-order chi connectivity index (χ1) is 12.4. The minimum atomic E-state index is -4.57. The molecule has 0 aliphatic rings. The van der Waals surface area contributed by atoms with Gasteiger partial charge in [0.2, 0.25) is 0 Å². The molecule has 1 heterocycles. The Hall–Kier alpha value is -2.13. The zero-order valence-corrected chi connectivity index (χ0v) is 14.8. The number of nitriles is 1. The lowest BCUT2D eigenvalue weighted by molar-refractivity contribution is -0.220. The first-order valence-electron chi connectivity index (χ1n) is 8.89. The Balaban J connectivity index is 2.02. The predicted molar refractivity (Wildman–Crippen MR) is 94.5 cm³/mol. The molecule has 0 spiro atoms. The highest BCUT2D eigenvalue weighted by Crippen LogP contribution is 2.31. The van der Waals surface area contributed by atoms with E-state index in [1.165, 1.54) is 0 Å². The smallest absolute Gasteiger partial charge is 0.383 e. The molecule has 2 unspecified atom stereocenters. The number of pyridine rings is 1. The van der Waals surface area contributed by atoms with Crippen molar-refractivity contribution >= 4 is 10.8 Å². The van der Waals surface area contributed by atoms with Gasteiger partial charge in [0.25, 0.3) is 0 Å². The molecule has 26 heavy (non-hydrogen) atoms. The quantitative estimate of drug-likeness (QED) is 0.704. The minimum absolute atomic E-state index is 0.332. The molecule has 3 nitrogen and oxygen atoms in total. The van der Waals surface area contributed by atoms with Crippen LogP contribution in [0.3, 0.4) is 0 Å². The summed E-state index contributed by atoms with van der Waals surface area (Å²) in [5.74, 6) is -0.759. The summed E-state index contributed by atoms with van der Waals surface area (Å²) in [6, 6.07) is 9.52. The fourth-order valence-electron chi connectivity index (χ4n) is 3.23. The Morgan fingerprint density at radius 3 is 2.58 bits per heavy atom. The van der Waals surface area contributed by atoms with Crippen LogP contribution in [0, 0.1) is 17.2 Å². The fraction of sp³-hybridized carbons (Fsp3) is 0.500. The van der Waals surface area contributed by atoms with Gasteiger partial charge in [-0.3, -0.25) is 0 Å². The standard InChI is InChI=1S/C20H23F3N2O/c1-2-3-6-15(19(26)20(21,22)23)7-4-5-14-8-9-17-16(12-14)10-11-25-18(17)13-24/h8-12,15,19,26H,2-7H2,1H3. The van der Waals surface area contributed by atoms with Crippen LogP contribution in [0.2, 0.25) is 0 Å². The molecule has 6 heteroatoms. The van der Waals surface area contributed by atoms with Gasteiger partial charge in [-0.15, -0.1) is 0 Å². The Morgan fingerprint density at radius 1 is 1.19 bits per heavy atom. The van der Waals surface area contributed by atoms with Crippen molar-refractivity contribution in [1.82, 2.24) is 4.98 Å². The summed E-state index contributed by atoms with van der Waals surface area (Å²) in [4.78, 5) is 4.02. The molecule has 0 aliphatic heterocycles. The maximum absolute atomic E-state index is 12.8. The zero-order chi connectivity index (χ0) is 19.2. The van der Waals surface area contributed by atoms with E-state index in [1.807, 2.05) is 37.3 Å². The number of nitrogens with zero attached hydrogens (tertiary/aromatic N) is 2. The van der Waals surface area contributed by atoms with Gasteiger partial charge in [-0.1, -0.05) is 38.0 Å². The van der Waals surface area contributed by atoms with Gasteiger partial charge < -0.3 is 5.11 Å². The van der Waals surface area contributed by atoms with E-state index in [0.717, 1.165) is 22.8 Å². The monoisotopic (exact) mass is 364 g/mol. The van der Waals surface area contributed by atoms with Crippen LogP contribution in [0.25, 0.3) is 10.8 Å². The second-order valence-corrected chi connectivity index (χ2v) is 6.61. The van der Waals surface area contributed by atoms with Gasteiger partial charge in [0.05, 0.1) is 0 Å². The van der Waals surface area contributed by atoms with Crippen LogP contribution in [-0.4, -0.2) is 22.4 Å². The Bertz CT molecular complexity index is 768. The van der Waals surface area contributed by atoms with Gasteiger partial charge in [0, 0.05) is 11.6 Å². The van der Waals surface area contributed by atoms with Crippen LogP contribution < -0.4 is 0 Å². The first-order valence-corrected chi connectivity index (χ1v) is 8.89. The molecule has 2 atom stereocenters. The summed E-state index contributed by atoms with van der Waals surface area (Å²) in [7, 11) is 0. The van der Waals surface area contributed by atoms with Gasteiger partial charge in [-0.2, -0.15) is 18.4 Å². The van der Waals surface area contributed by atoms with Crippen molar-refractivity contribution in [2.45, 2.75) is 57.7 Å². The molecule has 1 N–H and O–H groups in total. The van der Waals surface area contributed by atoms with Crippen LogP contribution in [0.1, 0.15) is 50.3 Å². The topological polar surface area (TPSA) is 56.9 Å². The Labute approximate surface area is 151 Å². The van der Waals surface area contributed by atoms with E-state index in [1.54, 1.807) is 6.20 Å². The minimum Gasteiger partial charge on any atom is -0.383 e. The maximum Gasteiger partial charge on any atom is 0.414 e. The molecular formula is C20H23F3N2O. The second-order valence-electron chi connectivity index (χ2n) is 6.61. The van der Waals surface area contributed by atoms with Crippen LogP contribution in [0.5, 0.6) is 0 Å². The summed E-state index contributed by atoms with van der Waals surface area (Å²) in [6.45, 7) is 1.93. The SMILES string of the molecule is CCCCC(CCCc1ccc2c(C#N)nccc2c1)C(O)C(F)(F)F. The van der Waals surface area contributed by atoms with Crippen LogP contribution >= 0.6 is 0 Å². The number of aliphatic hydroxyl groups excluding tert-OH is 1. The van der Waals surface area contributed by atoms with Crippen molar-refractivity contribution in [2.24, 2.45) is 5.92 Å². The summed E-state index contributed by atoms with van der Waals surface area (Å²) in [6.07, 6.45) is -1.84. The lowest BCUT2D eigenvalue weighted by Gasteiger charge is -2.25. The average molecular weight is 364 g/mol. The summed E-state index contributed by atoms with van der Waals surface area (Å²) < 4.78 is 38.5. The molecule has 1 aromatic heterocycles. The molecule has 140 valence electrons. The molecule has 1 aromatic carbocycles. The number of aromatic nitrogens is 1. The summed E-state index contributed by atoms with van der Waals surface area (Å²) >= 11 is 0. The second kappa shape index (κ2) is 9.00. The lowest BCUT2D eigenvalue weighted by atomic mass is 9.89. The van der Waals surface area contributed by atoms with Gasteiger partial charge in [-0.25, -0.2) is 4.98 Å². The number of benzene rings is 1. The normalized spacial score (nSPS) is 14.2. The lowest BCUT2D eigenvalue weighted by Crippen LogP contribution is -2.36. The van der Waals surface area contributed by atoms with Gasteiger partial charge in [0.1, 0.15) is 11.8 Å². The molecule has 0 bridgehead atoms. The molecule has 0 saturated carbocycles.